The topological polar surface area (TPSA) is 37.4 Å². The number of hydrogen-bond donors (Lipinski definition) is 0. The molecule has 1 heterocycles. The highest BCUT2D eigenvalue weighted by atomic mass is 35.5. The Morgan fingerprint density at radius 2 is 1.24 bits per heavy atom. The lowest BCUT2D eigenvalue weighted by atomic mass is 9.84. The molecule has 3 aliphatic rings. The fourth-order valence-electron chi connectivity index (χ4n) is 3.84. The molecule has 132 valence electrons. The molecule has 10 heteroatoms. The fraction of sp³-hybridized carbons (Fsp3) is 0.333. The van der Waals surface area contributed by atoms with Crippen LogP contribution in [0.4, 0.5) is 10.1 Å². The number of carbonyl (C=O) groups is 2. The Bertz CT molecular complexity index is 825. The molecule has 0 N–H and O–H groups in total. The molecule has 0 radical (unpaired) electrons. The maximum atomic E-state index is 13.2. The molecule has 2 bridgehead atoms. The smallest absolute Gasteiger partial charge is 0.240 e. The Labute approximate surface area is 171 Å². The van der Waals surface area contributed by atoms with Gasteiger partial charge in [0.25, 0.3) is 0 Å². The van der Waals surface area contributed by atoms with E-state index in [0.717, 1.165) is 17.0 Å². The van der Waals surface area contributed by atoms with E-state index in [-0.39, 0.29) is 15.8 Å². The van der Waals surface area contributed by atoms with E-state index in [0.29, 0.717) is 0 Å². The fourth-order valence-corrected chi connectivity index (χ4v) is 6.77. The first-order valence-electron chi connectivity index (χ1n) is 6.96. The second-order valence-corrected chi connectivity index (χ2v) is 9.35. The normalized spacial score (nSPS) is 38.8. The Balaban J connectivity index is 1.90. The van der Waals surface area contributed by atoms with Crippen molar-refractivity contribution in [3.63, 3.8) is 0 Å². The summed E-state index contributed by atoms with van der Waals surface area (Å²) >= 11 is 38.3. The molecule has 1 aliphatic heterocycles. The molecule has 0 aromatic heterocycles. The van der Waals surface area contributed by atoms with Gasteiger partial charge >= 0.3 is 0 Å². The van der Waals surface area contributed by atoms with Gasteiger partial charge in [-0.3, -0.25) is 9.59 Å². The van der Waals surface area contributed by atoms with Crippen molar-refractivity contribution in [3.8, 4) is 0 Å². The Morgan fingerprint density at radius 1 is 0.840 bits per heavy atom. The molecule has 4 atom stereocenters. The van der Waals surface area contributed by atoms with Crippen molar-refractivity contribution in [2.24, 2.45) is 11.8 Å². The van der Waals surface area contributed by atoms with Gasteiger partial charge in [0.15, 0.2) is 4.33 Å². The quantitative estimate of drug-likeness (QED) is 0.444. The molecule has 1 aromatic rings. The van der Waals surface area contributed by atoms with E-state index in [2.05, 4.69) is 0 Å². The van der Waals surface area contributed by atoms with Crippen LogP contribution >= 0.6 is 69.6 Å². The summed E-state index contributed by atoms with van der Waals surface area (Å²) in [6.45, 7) is 0. The van der Waals surface area contributed by atoms with Crippen LogP contribution < -0.4 is 4.90 Å². The molecule has 25 heavy (non-hydrogen) atoms. The summed E-state index contributed by atoms with van der Waals surface area (Å²) in [7, 11) is 0. The van der Waals surface area contributed by atoms with Crippen molar-refractivity contribution in [3.05, 3.63) is 40.1 Å². The van der Waals surface area contributed by atoms with Crippen LogP contribution in [0.25, 0.3) is 0 Å². The molecule has 2 aliphatic carbocycles. The largest absolute Gasteiger partial charge is 0.274 e. The van der Waals surface area contributed by atoms with Crippen molar-refractivity contribution in [2.75, 3.05) is 4.90 Å². The van der Waals surface area contributed by atoms with Gasteiger partial charge in [0.05, 0.1) is 27.6 Å². The van der Waals surface area contributed by atoms with Crippen LogP contribution in [0.3, 0.4) is 0 Å². The zero-order chi connectivity index (χ0) is 18.5. The molecule has 0 unspecified atom stereocenters. The predicted molar refractivity (Wildman–Crippen MR) is 96.2 cm³/mol. The number of allylic oxidation sites excluding steroid dienone is 2. The highest BCUT2D eigenvalue weighted by Crippen LogP contribution is 2.77. The highest BCUT2D eigenvalue weighted by molar-refractivity contribution is 6.67. The van der Waals surface area contributed by atoms with Gasteiger partial charge in [-0.05, 0) is 24.3 Å². The van der Waals surface area contributed by atoms with E-state index in [1.165, 1.54) is 12.1 Å². The van der Waals surface area contributed by atoms with Gasteiger partial charge in [0, 0.05) is 0 Å². The monoisotopic (exact) mass is 461 g/mol. The number of amides is 2. The lowest BCUT2D eigenvalue weighted by Gasteiger charge is -2.34. The Kier molecular flexibility index (Phi) is 3.76. The van der Waals surface area contributed by atoms with Crippen molar-refractivity contribution in [1.82, 2.24) is 0 Å². The molecule has 0 spiro atoms. The van der Waals surface area contributed by atoms with Gasteiger partial charge in [0.1, 0.15) is 15.6 Å². The SMILES string of the molecule is O=C1[C@H]2[C@H](C(=O)N1c1ccc(F)cc1)[C@]1(Cl)C(Cl)=C(Cl)[C@]2(Cl)C1(Cl)Cl. The van der Waals surface area contributed by atoms with E-state index in [4.69, 9.17) is 69.6 Å². The van der Waals surface area contributed by atoms with E-state index in [1.54, 1.807) is 0 Å². The summed E-state index contributed by atoms with van der Waals surface area (Å²) in [6, 6.07) is 4.83. The van der Waals surface area contributed by atoms with E-state index in [1.807, 2.05) is 0 Å². The van der Waals surface area contributed by atoms with Crippen LogP contribution in [0, 0.1) is 17.7 Å². The first kappa shape index (κ1) is 18.1. The van der Waals surface area contributed by atoms with Crippen LogP contribution in [0.1, 0.15) is 0 Å². The molecule has 2 fully saturated rings. The van der Waals surface area contributed by atoms with Crippen LogP contribution in [0.5, 0.6) is 0 Å². The summed E-state index contributed by atoms with van der Waals surface area (Å²) in [4.78, 5) is 23.2. The Morgan fingerprint density at radius 3 is 1.64 bits per heavy atom. The van der Waals surface area contributed by atoms with Crippen molar-refractivity contribution in [1.29, 1.82) is 0 Å². The molecular formula is C15H6Cl6FNO2. The number of rotatable bonds is 1. The summed E-state index contributed by atoms with van der Waals surface area (Å²) in [5.74, 6) is -4.26. The number of alkyl halides is 4. The number of nitrogens with zero attached hydrogens (tertiary/aromatic N) is 1. The standard InChI is InChI=1S/C15H6Cl6FNO2/c16-9-10(17)14(19)8-7(13(9,18)15(14,20)21)11(24)23(12(8)25)6-3-1-5(22)2-4-6/h1-4,7-8H/t7-,8-,13+,14+/m1/s1. The van der Waals surface area contributed by atoms with Gasteiger partial charge in [0.2, 0.25) is 11.8 Å². The molecular weight excluding hydrogens is 458 g/mol. The molecule has 4 rings (SSSR count). The Hall–Kier alpha value is -0.230. The summed E-state index contributed by atoms with van der Waals surface area (Å²) in [6.07, 6.45) is 0. The van der Waals surface area contributed by atoms with Crippen molar-refractivity contribution < 1.29 is 14.0 Å². The predicted octanol–water partition coefficient (Wildman–Crippen LogP) is 4.78. The molecule has 3 nitrogen and oxygen atoms in total. The summed E-state index contributed by atoms with van der Waals surface area (Å²) in [5, 5.41) is -0.307. The number of carbonyl (C=O) groups excluding carboxylic acids is 2. The minimum absolute atomic E-state index is 0.154. The number of benzene rings is 1. The minimum Gasteiger partial charge on any atom is -0.274 e. The second-order valence-electron chi connectivity index (χ2n) is 6.07. The van der Waals surface area contributed by atoms with Crippen molar-refractivity contribution in [2.45, 2.75) is 14.1 Å². The lowest BCUT2D eigenvalue weighted by Crippen LogP contribution is -2.50. The molecule has 2 amide bonds. The zero-order valence-corrected chi connectivity index (χ0v) is 16.4. The third kappa shape index (κ3) is 1.77. The van der Waals surface area contributed by atoms with E-state index >= 15 is 0 Å². The van der Waals surface area contributed by atoms with Crippen LogP contribution in [-0.2, 0) is 9.59 Å². The second kappa shape index (κ2) is 5.18. The lowest BCUT2D eigenvalue weighted by molar-refractivity contribution is -0.123. The van der Waals surface area contributed by atoms with Gasteiger partial charge in [-0.1, -0.05) is 46.4 Å². The minimum atomic E-state index is -1.97. The maximum absolute atomic E-state index is 13.2. The summed E-state index contributed by atoms with van der Waals surface area (Å²) < 4.78 is 11.2. The average Bonchev–Trinajstić information content (AvgIpc) is 2.94. The third-order valence-corrected chi connectivity index (χ3v) is 9.25. The van der Waals surface area contributed by atoms with E-state index in [9.17, 15) is 14.0 Å². The average molecular weight is 464 g/mol. The third-order valence-electron chi connectivity index (χ3n) is 4.99. The number of hydrogen-bond acceptors (Lipinski definition) is 2. The van der Waals surface area contributed by atoms with Crippen LogP contribution in [0.2, 0.25) is 0 Å². The molecule has 1 aromatic carbocycles. The van der Waals surface area contributed by atoms with Gasteiger partial charge < -0.3 is 0 Å². The van der Waals surface area contributed by atoms with Gasteiger partial charge in [-0.2, -0.15) is 0 Å². The van der Waals surface area contributed by atoms with Crippen LogP contribution in [-0.4, -0.2) is 25.9 Å². The highest BCUT2D eigenvalue weighted by Gasteiger charge is 2.87. The van der Waals surface area contributed by atoms with Crippen LogP contribution in [0.15, 0.2) is 34.3 Å². The van der Waals surface area contributed by atoms with Gasteiger partial charge in [-0.25, -0.2) is 9.29 Å². The van der Waals surface area contributed by atoms with Crippen molar-refractivity contribution >= 4 is 87.1 Å². The number of anilines is 1. The molecule has 1 saturated carbocycles. The number of imide groups is 1. The van der Waals surface area contributed by atoms with E-state index < -0.39 is 43.5 Å². The molecule has 1 saturated heterocycles. The first-order valence-corrected chi connectivity index (χ1v) is 9.23. The number of halogens is 7. The number of fused-ring (bicyclic) bond motifs is 5. The maximum Gasteiger partial charge on any atom is 0.240 e. The first-order chi connectivity index (χ1) is 11.5. The van der Waals surface area contributed by atoms with Gasteiger partial charge in [-0.15, -0.1) is 23.2 Å². The summed E-state index contributed by atoms with van der Waals surface area (Å²) in [5.41, 5.74) is 0.174. The zero-order valence-electron chi connectivity index (χ0n) is 11.9.